The summed E-state index contributed by atoms with van der Waals surface area (Å²) in [5, 5.41) is 18.1. The Hall–Kier alpha value is -2.18. The lowest BCUT2D eigenvalue weighted by atomic mass is 10.0. The molecular weight excluding hydrogens is 316 g/mol. The van der Waals surface area contributed by atoms with Gasteiger partial charge in [-0.05, 0) is 17.7 Å². The number of rotatable bonds is 5. The van der Waals surface area contributed by atoms with Crippen LogP contribution in [0.2, 0.25) is 0 Å². The summed E-state index contributed by atoms with van der Waals surface area (Å²) in [6, 6.07) is 16.4. The lowest BCUT2D eigenvalue weighted by molar-refractivity contribution is -0.145. The van der Waals surface area contributed by atoms with Crippen molar-refractivity contribution in [1.82, 2.24) is 0 Å². The Morgan fingerprint density at radius 1 is 1.00 bits per heavy atom. The van der Waals surface area contributed by atoms with Crippen LogP contribution < -0.4 is 0 Å². The van der Waals surface area contributed by atoms with Gasteiger partial charge < -0.3 is 10.2 Å². The number of aliphatic hydroxyl groups excluding tert-OH is 1. The maximum atomic E-state index is 12.9. The van der Waals surface area contributed by atoms with Crippen molar-refractivity contribution in [1.29, 1.82) is 0 Å². The third-order valence-electron chi connectivity index (χ3n) is 4.48. The molecule has 23 heavy (non-hydrogen) atoms. The van der Waals surface area contributed by atoms with Crippen molar-refractivity contribution in [2.75, 3.05) is 6.61 Å². The standard InChI is InChI=1S/C17H16O5S/c18-11-17(16(19)20)14(12-7-3-1-4-8-12)15(17)23(21,22)13-9-5-2-6-10-13/h1-10,14-15,18H,11H2,(H,19,20)/t14-,15+,17+/m0/s1. The molecule has 0 aromatic heterocycles. The Morgan fingerprint density at radius 2 is 1.52 bits per heavy atom. The minimum atomic E-state index is -3.87. The predicted octanol–water partition coefficient (Wildman–Crippen LogP) is 1.69. The van der Waals surface area contributed by atoms with Gasteiger partial charge in [0.25, 0.3) is 0 Å². The largest absolute Gasteiger partial charge is 0.481 e. The van der Waals surface area contributed by atoms with E-state index in [1.807, 2.05) is 0 Å². The molecule has 120 valence electrons. The molecule has 3 atom stereocenters. The molecule has 1 aliphatic carbocycles. The Labute approximate surface area is 134 Å². The molecule has 0 spiro atoms. The van der Waals surface area contributed by atoms with Gasteiger partial charge in [0.15, 0.2) is 9.84 Å². The molecule has 0 unspecified atom stereocenters. The van der Waals surface area contributed by atoms with Gasteiger partial charge >= 0.3 is 5.97 Å². The fourth-order valence-electron chi connectivity index (χ4n) is 3.26. The summed E-state index contributed by atoms with van der Waals surface area (Å²) in [5.41, 5.74) is -1.09. The zero-order chi connectivity index (χ0) is 16.7. The number of carboxylic acids is 1. The van der Waals surface area contributed by atoms with Gasteiger partial charge in [0.2, 0.25) is 0 Å². The van der Waals surface area contributed by atoms with E-state index in [0.717, 1.165) is 0 Å². The number of sulfone groups is 1. The van der Waals surface area contributed by atoms with Crippen LogP contribution in [0.3, 0.4) is 0 Å². The van der Waals surface area contributed by atoms with Crippen LogP contribution in [0.25, 0.3) is 0 Å². The normalized spacial score (nSPS) is 26.7. The Balaban J connectivity index is 2.12. The number of aliphatic hydroxyl groups is 1. The van der Waals surface area contributed by atoms with Crippen LogP contribution in [0.5, 0.6) is 0 Å². The number of carboxylic acid groups (broad SMARTS) is 1. The molecule has 2 aromatic carbocycles. The van der Waals surface area contributed by atoms with Gasteiger partial charge in [-0.2, -0.15) is 0 Å². The van der Waals surface area contributed by atoms with Gasteiger partial charge in [0.05, 0.1) is 16.8 Å². The van der Waals surface area contributed by atoms with E-state index in [1.54, 1.807) is 48.5 Å². The average Bonchev–Trinajstić information content (AvgIpc) is 3.28. The van der Waals surface area contributed by atoms with E-state index in [-0.39, 0.29) is 4.90 Å². The number of aliphatic carboxylic acids is 1. The second-order valence-corrected chi connectivity index (χ2v) is 7.74. The van der Waals surface area contributed by atoms with Gasteiger partial charge in [-0.25, -0.2) is 8.42 Å². The number of benzene rings is 2. The molecule has 0 saturated heterocycles. The number of carbonyl (C=O) groups is 1. The molecule has 5 nitrogen and oxygen atoms in total. The van der Waals surface area contributed by atoms with Crippen LogP contribution in [0.4, 0.5) is 0 Å². The summed E-state index contributed by atoms with van der Waals surface area (Å²) in [4.78, 5) is 11.8. The van der Waals surface area contributed by atoms with E-state index in [2.05, 4.69) is 0 Å². The average molecular weight is 332 g/mol. The second-order valence-electron chi connectivity index (χ2n) is 5.67. The van der Waals surface area contributed by atoms with Crippen molar-refractivity contribution < 1.29 is 23.4 Å². The van der Waals surface area contributed by atoms with Gasteiger partial charge in [-0.3, -0.25) is 4.79 Å². The van der Waals surface area contributed by atoms with E-state index in [1.165, 1.54) is 12.1 Å². The summed E-state index contributed by atoms with van der Waals surface area (Å²) in [6.07, 6.45) is 0. The van der Waals surface area contributed by atoms with Gasteiger partial charge in [-0.15, -0.1) is 0 Å². The van der Waals surface area contributed by atoms with Crippen molar-refractivity contribution in [2.24, 2.45) is 5.41 Å². The molecule has 0 aliphatic heterocycles. The van der Waals surface area contributed by atoms with Crippen LogP contribution in [0, 0.1) is 5.41 Å². The first-order chi connectivity index (χ1) is 11.0. The minimum absolute atomic E-state index is 0.0718. The summed E-state index contributed by atoms with van der Waals surface area (Å²) in [5.74, 6) is -2.06. The first-order valence-corrected chi connectivity index (χ1v) is 8.69. The van der Waals surface area contributed by atoms with E-state index < -0.39 is 39.0 Å². The highest BCUT2D eigenvalue weighted by atomic mass is 32.2. The highest BCUT2D eigenvalue weighted by Crippen LogP contribution is 2.63. The summed E-state index contributed by atoms with van der Waals surface area (Å²) >= 11 is 0. The van der Waals surface area contributed by atoms with Crippen molar-refractivity contribution in [3.8, 4) is 0 Å². The third kappa shape index (κ3) is 2.26. The van der Waals surface area contributed by atoms with Crippen LogP contribution >= 0.6 is 0 Å². The number of hydrogen-bond acceptors (Lipinski definition) is 4. The predicted molar refractivity (Wildman–Crippen MR) is 83.8 cm³/mol. The lowest BCUT2D eigenvalue weighted by Gasteiger charge is -2.09. The smallest absolute Gasteiger partial charge is 0.314 e. The van der Waals surface area contributed by atoms with E-state index in [4.69, 9.17) is 0 Å². The molecule has 2 N–H and O–H groups in total. The maximum Gasteiger partial charge on any atom is 0.314 e. The first kappa shape index (κ1) is 15.7. The molecule has 0 amide bonds. The monoisotopic (exact) mass is 332 g/mol. The fourth-order valence-corrected chi connectivity index (χ4v) is 5.65. The molecular formula is C17H16O5S. The molecule has 0 heterocycles. The molecule has 6 heteroatoms. The van der Waals surface area contributed by atoms with E-state index >= 15 is 0 Å². The Morgan fingerprint density at radius 3 is 2.00 bits per heavy atom. The summed E-state index contributed by atoms with van der Waals surface area (Å²) < 4.78 is 25.8. The molecule has 1 aliphatic rings. The zero-order valence-corrected chi connectivity index (χ0v) is 13.0. The van der Waals surface area contributed by atoms with Crippen molar-refractivity contribution in [3.05, 3.63) is 66.2 Å². The Kier molecular flexibility index (Phi) is 3.74. The quantitative estimate of drug-likeness (QED) is 0.869. The molecule has 3 rings (SSSR count). The van der Waals surface area contributed by atoms with Crippen molar-refractivity contribution in [2.45, 2.75) is 16.1 Å². The summed E-state index contributed by atoms with van der Waals surface area (Å²) in [7, 11) is -3.87. The van der Waals surface area contributed by atoms with E-state index in [9.17, 15) is 23.4 Å². The molecule has 1 fully saturated rings. The zero-order valence-electron chi connectivity index (χ0n) is 12.2. The first-order valence-electron chi connectivity index (χ1n) is 7.14. The number of hydrogen-bond donors (Lipinski definition) is 2. The topological polar surface area (TPSA) is 91.7 Å². The molecule has 0 radical (unpaired) electrons. The van der Waals surface area contributed by atoms with Crippen molar-refractivity contribution in [3.63, 3.8) is 0 Å². The van der Waals surface area contributed by atoms with Crippen LogP contribution in [-0.2, 0) is 14.6 Å². The lowest BCUT2D eigenvalue weighted by Crippen LogP contribution is -2.27. The third-order valence-corrected chi connectivity index (χ3v) is 6.77. The molecule has 2 aromatic rings. The molecule has 1 saturated carbocycles. The van der Waals surface area contributed by atoms with Crippen LogP contribution in [0.15, 0.2) is 65.6 Å². The summed E-state index contributed by atoms with van der Waals surface area (Å²) in [6.45, 7) is -0.724. The highest BCUT2D eigenvalue weighted by molar-refractivity contribution is 7.92. The minimum Gasteiger partial charge on any atom is -0.481 e. The Bertz CT molecular complexity index is 817. The van der Waals surface area contributed by atoms with Gasteiger partial charge in [0.1, 0.15) is 5.41 Å². The van der Waals surface area contributed by atoms with Crippen LogP contribution in [0.1, 0.15) is 11.5 Å². The van der Waals surface area contributed by atoms with Crippen molar-refractivity contribution >= 4 is 15.8 Å². The molecule has 0 bridgehead atoms. The SMILES string of the molecule is O=C(O)[C@@]1(CO)[C@H](S(=O)(=O)c2ccccc2)[C@@H]1c1ccccc1. The van der Waals surface area contributed by atoms with Gasteiger partial charge in [-0.1, -0.05) is 48.5 Å². The maximum absolute atomic E-state index is 12.9. The van der Waals surface area contributed by atoms with E-state index in [0.29, 0.717) is 5.56 Å². The van der Waals surface area contributed by atoms with Gasteiger partial charge in [0, 0.05) is 5.92 Å². The van der Waals surface area contributed by atoms with Crippen LogP contribution in [-0.4, -0.2) is 36.5 Å². The second kappa shape index (κ2) is 5.47. The fraction of sp³-hybridized carbons (Fsp3) is 0.235. The highest BCUT2D eigenvalue weighted by Gasteiger charge is 2.75.